The molecule has 0 saturated heterocycles. The normalized spacial score (nSPS) is 25.4. The molecular formula is C13H18FN3O2S. The van der Waals surface area contributed by atoms with Crippen LogP contribution in [0.4, 0.5) is 4.39 Å². The molecule has 0 amide bonds. The Morgan fingerprint density at radius 2 is 2.15 bits per heavy atom. The lowest BCUT2D eigenvalue weighted by Gasteiger charge is -2.34. The van der Waals surface area contributed by atoms with E-state index in [-0.39, 0.29) is 17.3 Å². The van der Waals surface area contributed by atoms with Crippen molar-refractivity contribution in [2.45, 2.75) is 25.8 Å². The molecule has 0 fully saturated rings. The van der Waals surface area contributed by atoms with E-state index >= 15 is 0 Å². The number of aryl methyl sites for hydroxylation is 1. The van der Waals surface area contributed by atoms with Crippen molar-refractivity contribution in [3.05, 3.63) is 35.1 Å². The maximum absolute atomic E-state index is 14.2. The van der Waals surface area contributed by atoms with Crippen LogP contribution in [-0.4, -0.2) is 31.5 Å². The van der Waals surface area contributed by atoms with Gasteiger partial charge in [-0.15, -0.1) is 0 Å². The number of hydrogen-bond acceptors (Lipinski definition) is 4. The maximum Gasteiger partial charge on any atom is 0.239 e. The predicted octanol–water partition coefficient (Wildman–Crippen LogP) is 1.19. The van der Waals surface area contributed by atoms with Crippen LogP contribution in [0.5, 0.6) is 0 Å². The molecule has 0 aliphatic carbocycles. The smallest absolute Gasteiger partial charge is 0.239 e. The number of guanidine groups is 1. The van der Waals surface area contributed by atoms with E-state index in [1.54, 1.807) is 19.1 Å². The highest BCUT2D eigenvalue weighted by molar-refractivity contribution is 7.89. The number of halogens is 1. The van der Waals surface area contributed by atoms with Gasteiger partial charge in [0.25, 0.3) is 0 Å². The highest BCUT2D eigenvalue weighted by Crippen LogP contribution is 2.33. The second-order valence-electron chi connectivity index (χ2n) is 5.14. The minimum atomic E-state index is -3.59. The van der Waals surface area contributed by atoms with Gasteiger partial charge in [0.15, 0.2) is 0 Å². The largest absolute Gasteiger partial charge is 0.369 e. The molecule has 1 aliphatic heterocycles. The molecule has 2 rings (SSSR count). The molecule has 1 atom stereocenters. The summed E-state index contributed by atoms with van der Waals surface area (Å²) in [5.41, 5.74) is 5.54. The molecule has 110 valence electrons. The summed E-state index contributed by atoms with van der Waals surface area (Å²) in [5, 5.41) is 0. The first-order chi connectivity index (χ1) is 9.19. The summed E-state index contributed by atoms with van der Waals surface area (Å²) in [6.45, 7) is 3.50. The molecule has 5 nitrogen and oxygen atoms in total. The zero-order valence-electron chi connectivity index (χ0n) is 11.7. The molecule has 1 aliphatic rings. The number of hydrogen-bond donors (Lipinski definition) is 1. The van der Waals surface area contributed by atoms with E-state index in [0.717, 1.165) is 9.87 Å². The number of sulfonamides is 1. The fourth-order valence-electron chi connectivity index (χ4n) is 2.30. The van der Waals surface area contributed by atoms with E-state index in [9.17, 15) is 12.8 Å². The van der Waals surface area contributed by atoms with Crippen molar-refractivity contribution in [3.8, 4) is 0 Å². The van der Waals surface area contributed by atoms with E-state index in [0.29, 0.717) is 6.42 Å². The summed E-state index contributed by atoms with van der Waals surface area (Å²) in [4.78, 5) is 4.18. The third-order valence-electron chi connectivity index (χ3n) is 3.59. The summed E-state index contributed by atoms with van der Waals surface area (Å²) in [5.74, 6) is -0.888. The quantitative estimate of drug-likeness (QED) is 0.891. The van der Waals surface area contributed by atoms with Crippen molar-refractivity contribution in [2.75, 3.05) is 12.8 Å². The van der Waals surface area contributed by atoms with Gasteiger partial charge in [-0.3, -0.25) is 0 Å². The fourth-order valence-corrected chi connectivity index (χ4v) is 3.75. The van der Waals surface area contributed by atoms with Gasteiger partial charge >= 0.3 is 0 Å². The van der Waals surface area contributed by atoms with Gasteiger partial charge in [-0.05, 0) is 25.0 Å². The molecule has 0 aromatic heterocycles. The molecule has 0 radical (unpaired) electrons. The van der Waals surface area contributed by atoms with Crippen molar-refractivity contribution in [3.63, 3.8) is 0 Å². The summed E-state index contributed by atoms with van der Waals surface area (Å²) in [7, 11) is -2.25. The molecule has 20 heavy (non-hydrogen) atoms. The van der Waals surface area contributed by atoms with Gasteiger partial charge in [0.1, 0.15) is 11.4 Å². The van der Waals surface area contributed by atoms with E-state index < -0.39 is 21.4 Å². The van der Waals surface area contributed by atoms with Crippen molar-refractivity contribution in [2.24, 2.45) is 10.7 Å². The highest BCUT2D eigenvalue weighted by Gasteiger charge is 2.41. The van der Waals surface area contributed by atoms with Gasteiger partial charge in [0.05, 0.1) is 5.75 Å². The molecule has 7 heteroatoms. The van der Waals surface area contributed by atoms with Gasteiger partial charge in [-0.2, -0.15) is 0 Å². The van der Waals surface area contributed by atoms with Crippen molar-refractivity contribution >= 4 is 16.0 Å². The maximum atomic E-state index is 14.2. The first-order valence-electron chi connectivity index (χ1n) is 6.30. The Bertz CT molecular complexity index is 672. The first kappa shape index (κ1) is 14.8. The van der Waals surface area contributed by atoms with Crippen LogP contribution in [0.15, 0.2) is 23.2 Å². The zero-order valence-corrected chi connectivity index (χ0v) is 12.5. The topological polar surface area (TPSA) is 75.8 Å². The lowest BCUT2D eigenvalue weighted by Crippen LogP contribution is -2.50. The Hall–Kier alpha value is -1.63. The summed E-state index contributed by atoms with van der Waals surface area (Å²) < 4.78 is 39.3. The van der Waals surface area contributed by atoms with E-state index in [4.69, 9.17) is 5.73 Å². The number of nitrogens with two attached hydrogens (primary N) is 1. The van der Waals surface area contributed by atoms with E-state index in [1.165, 1.54) is 13.1 Å². The summed E-state index contributed by atoms with van der Waals surface area (Å²) in [6, 6.07) is 4.78. The molecule has 0 saturated carbocycles. The third-order valence-corrected chi connectivity index (χ3v) is 5.54. The Morgan fingerprint density at radius 3 is 2.65 bits per heavy atom. The van der Waals surface area contributed by atoms with Crippen LogP contribution in [0.3, 0.4) is 0 Å². The minimum Gasteiger partial charge on any atom is -0.369 e. The molecule has 1 unspecified atom stereocenters. The Morgan fingerprint density at radius 1 is 1.50 bits per heavy atom. The molecule has 2 N–H and O–H groups in total. The molecule has 1 heterocycles. The standard InChI is InChI=1S/C13H18FN3O2S/c1-4-9-5-6-10(11(14)7-9)13(2)8-20(18,19)17(3)12(15)16-13/h5-7H,4,8H2,1-3H3,(H2,15,16). The van der Waals surface area contributed by atoms with Crippen molar-refractivity contribution in [1.82, 2.24) is 4.31 Å². The van der Waals surface area contributed by atoms with Gasteiger partial charge in [-0.25, -0.2) is 22.1 Å². The predicted molar refractivity (Wildman–Crippen MR) is 76.3 cm³/mol. The van der Waals surface area contributed by atoms with Crippen LogP contribution in [-0.2, 0) is 22.0 Å². The van der Waals surface area contributed by atoms with Crippen LogP contribution in [0.2, 0.25) is 0 Å². The fraction of sp³-hybridized carbons (Fsp3) is 0.462. The highest BCUT2D eigenvalue weighted by atomic mass is 32.2. The van der Waals surface area contributed by atoms with Gasteiger partial charge in [-0.1, -0.05) is 19.1 Å². The number of benzene rings is 1. The van der Waals surface area contributed by atoms with Gasteiger partial charge in [0, 0.05) is 12.6 Å². The Labute approximate surface area is 118 Å². The average molecular weight is 299 g/mol. The summed E-state index contributed by atoms with van der Waals surface area (Å²) >= 11 is 0. The van der Waals surface area contributed by atoms with Crippen molar-refractivity contribution in [1.29, 1.82) is 0 Å². The molecule has 1 aromatic rings. The number of rotatable bonds is 2. The third kappa shape index (κ3) is 2.37. The molecule has 1 aromatic carbocycles. The van der Waals surface area contributed by atoms with Crippen LogP contribution < -0.4 is 5.73 Å². The van der Waals surface area contributed by atoms with Gasteiger partial charge in [0.2, 0.25) is 16.0 Å². The number of aliphatic imine (C=N–C) groups is 1. The molecular weight excluding hydrogens is 281 g/mol. The zero-order chi connectivity index (χ0) is 15.1. The lowest BCUT2D eigenvalue weighted by molar-refractivity contribution is 0.457. The van der Waals surface area contributed by atoms with Crippen LogP contribution in [0.1, 0.15) is 25.0 Å². The molecule has 0 spiro atoms. The number of nitrogens with zero attached hydrogens (tertiary/aromatic N) is 2. The average Bonchev–Trinajstić information content (AvgIpc) is 2.34. The van der Waals surface area contributed by atoms with Gasteiger partial charge < -0.3 is 5.73 Å². The van der Waals surface area contributed by atoms with Crippen LogP contribution in [0, 0.1) is 5.82 Å². The lowest BCUT2D eigenvalue weighted by atomic mass is 9.93. The second-order valence-corrected chi connectivity index (χ2v) is 7.14. The molecule has 0 bridgehead atoms. The SMILES string of the molecule is CCc1ccc(C2(C)CS(=O)(=O)N(C)C(N)=N2)c(F)c1. The van der Waals surface area contributed by atoms with Crippen molar-refractivity contribution < 1.29 is 12.8 Å². The Balaban J connectivity index is 2.57. The Kier molecular flexibility index (Phi) is 3.49. The minimum absolute atomic E-state index is 0.127. The first-order valence-corrected chi connectivity index (χ1v) is 7.91. The van der Waals surface area contributed by atoms with Crippen LogP contribution >= 0.6 is 0 Å². The van der Waals surface area contributed by atoms with Crippen LogP contribution in [0.25, 0.3) is 0 Å². The van der Waals surface area contributed by atoms with E-state index in [1.807, 2.05) is 6.92 Å². The van der Waals surface area contributed by atoms with E-state index in [2.05, 4.69) is 4.99 Å². The second kappa shape index (κ2) is 4.73. The summed E-state index contributed by atoms with van der Waals surface area (Å²) in [6.07, 6.45) is 0.709. The monoisotopic (exact) mass is 299 g/mol.